The maximum absolute atomic E-state index is 12.0. The third kappa shape index (κ3) is 3.34. The van der Waals surface area contributed by atoms with Gasteiger partial charge in [-0.25, -0.2) is 14.8 Å². The molecule has 0 bridgehead atoms. The van der Waals surface area contributed by atoms with Gasteiger partial charge >= 0.3 is 5.97 Å². The number of benzene rings is 2. The Morgan fingerprint density at radius 2 is 1.77 bits per heavy atom. The molecule has 2 aromatic carbocycles. The monoisotopic (exact) mass is 360 g/mol. The fourth-order valence-electron chi connectivity index (χ4n) is 2.88. The smallest absolute Gasteiger partial charge is 0.331 e. The molecular formula is C21H16N2O2S. The summed E-state index contributed by atoms with van der Waals surface area (Å²) in [5, 5.41) is 6.06. The maximum atomic E-state index is 12.0. The first-order chi connectivity index (χ1) is 12.7. The lowest BCUT2D eigenvalue weighted by Crippen LogP contribution is -2.03. The molecule has 4 aromatic rings. The molecule has 128 valence electrons. The fraction of sp³-hybridized carbons (Fsp3) is 0.0952. The first kappa shape index (κ1) is 16.4. The summed E-state index contributed by atoms with van der Waals surface area (Å²) in [5.41, 5.74) is 2.41. The zero-order valence-electron chi connectivity index (χ0n) is 14.2. The van der Waals surface area contributed by atoms with Crippen LogP contribution in [0.25, 0.3) is 27.8 Å². The van der Waals surface area contributed by atoms with Gasteiger partial charge < -0.3 is 4.74 Å². The van der Waals surface area contributed by atoms with E-state index >= 15 is 0 Å². The predicted molar refractivity (Wildman–Crippen MR) is 105 cm³/mol. The van der Waals surface area contributed by atoms with E-state index in [1.807, 2.05) is 48.7 Å². The Labute approximate surface area is 154 Å². The topological polar surface area (TPSA) is 52.1 Å². The lowest BCUT2D eigenvalue weighted by molar-refractivity contribution is -0.138. The zero-order chi connectivity index (χ0) is 17.9. The highest BCUT2D eigenvalue weighted by molar-refractivity contribution is 7.09. The lowest BCUT2D eigenvalue weighted by atomic mass is 10.0. The number of carbonyl (C=O) groups is 1. The number of ether oxygens (including phenoxy) is 1. The molecule has 0 fully saturated rings. The predicted octanol–water partition coefficient (Wildman–Crippen LogP) is 4.91. The molecule has 4 rings (SSSR count). The van der Waals surface area contributed by atoms with E-state index in [2.05, 4.69) is 22.1 Å². The van der Waals surface area contributed by atoms with Crippen LogP contribution in [0.4, 0.5) is 0 Å². The van der Waals surface area contributed by atoms with E-state index in [-0.39, 0.29) is 6.61 Å². The Morgan fingerprint density at radius 3 is 2.54 bits per heavy atom. The molecule has 0 saturated carbocycles. The molecule has 0 N–H and O–H groups in total. The van der Waals surface area contributed by atoms with Crippen LogP contribution in [0.5, 0.6) is 0 Å². The first-order valence-electron chi connectivity index (χ1n) is 8.24. The molecule has 0 aliphatic rings. The summed E-state index contributed by atoms with van der Waals surface area (Å²) in [4.78, 5) is 21.0. The zero-order valence-corrected chi connectivity index (χ0v) is 15.0. The Morgan fingerprint density at radius 1 is 1.04 bits per heavy atom. The third-order valence-corrected chi connectivity index (χ3v) is 4.86. The normalized spacial score (nSPS) is 11.4. The Balaban J connectivity index is 1.58. The van der Waals surface area contributed by atoms with E-state index in [1.54, 1.807) is 17.4 Å². The highest BCUT2D eigenvalue weighted by atomic mass is 32.1. The van der Waals surface area contributed by atoms with Crippen molar-refractivity contribution in [3.8, 4) is 0 Å². The van der Waals surface area contributed by atoms with Crippen molar-refractivity contribution in [3.63, 3.8) is 0 Å². The van der Waals surface area contributed by atoms with Crippen LogP contribution in [0.1, 0.15) is 16.4 Å². The molecule has 0 unspecified atom stereocenters. The van der Waals surface area contributed by atoms with Gasteiger partial charge in [0, 0.05) is 22.2 Å². The van der Waals surface area contributed by atoms with Gasteiger partial charge in [-0.3, -0.25) is 0 Å². The minimum Gasteiger partial charge on any atom is -0.456 e. The minimum atomic E-state index is -0.408. The number of para-hydroxylation sites is 1. The van der Waals surface area contributed by atoms with E-state index in [0.29, 0.717) is 0 Å². The van der Waals surface area contributed by atoms with Gasteiger partial charge in [0.1, 0.15) is 6.61 Å². The van der Waals surface area contributed by atoms with Crippen molar-refractivity contribution in [1.29, 1.82) is 0 Å². The number of pyridine rings is 1. The van der Waals surface area contributed by atoms with E-state index in [1.165, 1.54) is 6.08 Å². The summed E-state index contributed by atoms with van der Waals surface area (Å²) >= 11 is 1.54. The highest BCUT2D eigenvalue weighted by Gasteiger charge is 2.09. The Kier molecular flexibility index (Phi) is 4.46. The number of carbonyl (C=O) groups excluding carboxylic acids is 1. The molecule has 0 aliphatic carbocycles. The van der Waals surface area contributed by atoms with Crippen LogP contribution in [0.3, 0.4) is 0 Å². The van der Waals surface area contributed by atoms with Crippen LogP contribution in [0.15, 0.2) is 60.0 Å². The quantitative estimate of drug-likeness (QED) is 0.295. The number of nitrogens with zero attached hydrogens (tertiary/aromatic N) is 2. The van der Waals surface area contributed by atoms with Gasteiger partial charge in [0.2, 0.25) is 0 Å². The first-order valence-corrected chi connectivity index (χ1v) is 9.12. The molecule has 2 heterocycles. The molecule has 2 aromatic heterocycles. The Bertz CT molecular complexity index is 1130. The molecular weight excluding hydrogens is 344 g/mol. The van der Waals surface area contributed by atoms with Crippen molar-refractivity contribution < 1.29 is 9.53 Å². The summed E-state index contributed by atoms with van der Waals surface area (Å²) in [7, 11) is 0. The highest BCUT2D eigenvalue weighted by Crippen LogP contribution is 2.26. The molecule has 26 heavy (non-hydrogen) atoms. The van der Waals surface area contributed by atoms with Gasteiger partial charge in [-0.05, 0) is 24.5 Å². The number of thiazole rings is 1. The number of fused-ring (bicyclic) bond motifs is 3. The molecule has 0 atom stereocenters. The van der Waals surface area contributed by atoms with Crippen LogP contribution in [-0.4, -0.2) is 15.9 Å². The second-order valence-electron chi connectivity index (χ2n) is 5.85. The average Bonchev–Trinajstić information content (AvgIpc) is 3.10. The second kappa shape index (κ2) is 7.06. The summed E-state index contributed by atoms with van der Waals surface area (Å²) < 4.78 is 5.40. The van der Waals surface area contributed by atoms with Crippen molar-refractivity contribution in [2.24, 2.45) is 0 Å². The van der Waals surface area contributed by atoms with Gasteiger partial charge in [-0.2, -0.15) is 0 Å². The van der Waals surface area contributed by atoms with Gasteiger partial charge in [-0.15, -0.1) is 11.3 Å². The summed E-state index contributed by atoms with van der Waals surface area (Å²) in [5.74, 6) is -0.408. The molecule has 5 heteroatoms. The minimum absolute atomic E-state index is 0.130. The average molecular weight is 360 g/mol. The molecule has 0 radical (unpaired) electrons. The van der Waals surface area contributed by atoms with Crippen LogP contribution >= 0.6 is 11.3 Å². The molecule has 0 amide bonds. The van der Waals surface area contributed by atoms with E-state index in [0.717, 1.165) is 38.1 Å². The Hall–Kier alpha value is -3.05. The number of hydrogen-bond acceptors (Lipinski definition) is 5. The van der Waals surface area contributed by atoms with Crippen LogP contribution < -0.4 is 0 Å². The number of hydrogen-bond donors (Lipinski definition) is 0. The molecule has 0 spiro atoms. The van der Waals surface area contributed by atoms with Crippen LogP contribution in [0.2, 0.25) is 0 Å². The van der Waals surface area contributed by atoms with Crippen molar-refractivity contribution in [3.05, 3.63) is 76.4 Å². The van der Waals surface area contributed by atoms with E-state index in [4.69, 9.17) is 4.74 Å². The fourth-order valence-corrected chi connectivity index (χ4v) is 3.46. The molecule has 0 saturated heterocycles. The van der Waals surface area contributed by atoms with Crippen molar-refractivity contribution >= 4 is 45.1 Å². The van der Waals surface area contributed by atoms with Crippen molar-refractivity contribution in [2.75, 3.05) is 0 Å². The van der Waals surface area contributed by atoms with Gasteiger partial charge in [0.15, 0.2) is 0 Å². The van der Waals surface area contributed by atoms with Crippen LogP contribution in [0, 0.1) is 6.92 Å². The summed E-state index contributed by atoms with van der Waals surface area (Å²) in [6.07, 6.45) is 3.06. The SMILES string of the molecule is Cc1nc(/C=C/C(=O)OCc2nc3ccccc3c3ccccc23)cs1. The standard InChI is InChI=1S/C21H16N2O2S/c1-14-22-15(13-26-14)10-11-21(24)25-12-20-18-8-3-2-6-16(18)17-7-4-5-9-19(17)23-20/h2-11,13H,12H2,1H3/b11-10+. The van der Waals surface area contributed by atoms with Gasteiger partial charge in [0.05, 0.1) is 21.9 Å². The third-order valence-electron chi connectivity index (χ3n) is 4.07. The van der Waals surface area contributed by atoms with Crippen molar-refractivity contribution in [1.82, 2.24) is 9.97 Å². The number of aromatic nitrogens is 2. The van der Waals surface area contributed by atoms with Crippen LogP contribution in [-0.2, 0) is 16.1 Å². The largest absolute Gasteiger partial charge is 0.456 e. The summed E-state index contributed by atoms with van der Waals surface area (Å²) in [6.45, 7) is 2.06. The second-order valence-corrected chi connectivity index (χ2v) is 6.92. The maximum Gasteiger partial charge on any atom is 0.331 e. The lowest BCUT2D eigenvalue weighted by Gasteiger charge is -2.09. The van der Waals surface area contributed by atoms with E-state index < -0.39 is 5.97 Å². The number of esters is 1. The molecule has 0 aliphatic heterocycles. The molecule has 4 nitrogen and oxygen atoms in total. The number of aryl methyl sites for hydroxylation is 1. The summed E-state index contributed by atoms with van der Waals surface area (Å²) in [6, 6.07) is 16.0. The van der Waals surface area contributed by atoms with Gasteiger partial charge in [-0.1, -0.05) is 42.5 Å². The van der Waals surface area contributed by atoms with Crippen molar-refractivity contribution in [2.45, 2.75) is 13.5 Å². The van der Waals surface area contributed by atoms with Gasteiger partial charge in [0.25, 0.3) is 0 Å². The number of rotatable bonds is 4. The van der Waals surface area contributed by atoms with E-state index in [9.17, 15) is 4.79 Å².